The molecular weight excluding hydrogens is 250 g/mol. The van der Waals surface area contributed by atoms with Gasteiger partial charge in [0.05, 0.1) is 18.7 Å². The van der Waals surface area contributed by atoms with Crippen LogP contribution in [0.5, 0.6) is 0 Å². The lowest BCUT2D eigenvalue weighted by Gasteiger charge is -2.10. The van der Waals surface area contributed by atoms with Gasteiger partial charge in [-0.25, -0.2) is 4.79 Å². The standard InChI is InChI=1S/C13H23NO5/c1-4-5-6-7-8-18-12(15)9-11(13(16)17)19-14-10(2)3/h11H,4-9H2,1-3H3,(H,16,17). The summed E-state index contributed by atoms with van der Waals surface area (Å²) in [7, 11) is 0. The van der Waals surface area contributed by atoms with Gasteiger partial charge in [0.25, 0.3) is 0 Å². The second kappa shape index (κ2) is 10.3. The van der Waals surface area contributed by atoms with Crippen LogP contribution in [0, 0.1) is 0 Å². The monoisotopic (exact) mass is 273 g/mol. The van der Waals surface area contributed by atoms with Gasteiger partial charge in [-0.15, -0.1) is 0 Å². The zero-order valence-electron chi connectivity index (χ0n) is 11.8. The third-order valence-electron chi connectivity index (χ3n) is 2.25. The molecule has 0 bridgehead atoms. The minimum atomic E-state index is -1.29. The van der Waals surface area contributed by atoms with Crippen molar-refractivity contribution in [2.24, 2.45) is 5.16 Å². The number of carbonyl (C=O) groups excluding carboxylic acids is 1. The molecule has 0 aliphatic heterocycles. The number of ether oxygens (including phenoxy) is 1. The van der Waals surface area contributed by atoms with Gasteiger partial charge in [-0.2, -0.15) is 0 Å². The Morgan fingerprint density at radius 1 is 1.21 bits per heavy atom. The van der Waals surface area contributed by atoms with Crippen LogP contribution >= 0.6 is 0 Å². The third-order valence-corrected chi connectivity index (χ3v) is 2.25. The first kappa shape index (κ1) is 17.4. The van der Waals surface area contributed by atoms with Gasteiger partial charge in [-0.3, -0.25) is 4.79 Å². The molecule has 0 radical (unpaired) electrons. The molecule has 1 atom stereocenters. The highest BCUT2D eigenvalue weighted by molar-refractivity contribution is 5.81. The van der Waals surface area contributed by atoms with E-state index in [4.69, 9.17) is 14.7 Å². The number of esters is 1. The van der Waals surface area contributed by atoms with E-state index in [2.05, 4.69) is 12.1 Å². The molecule has 0 aliphatic rings. The van der Waals surface area contributed by atoms with E-state index in [9.17, 15) is 9.59 Å². The van der Waals surface area contributed by atoms with Crippen LogP contribution in [0.25, 0.3) is 0 Å². The Morgan fingerprint density at radius 3 is 2.42 bits per heavy atom. The average molecular weight is 273 g/mol. The number of carbonyl (C=O) groups is 2. The number of hydrogen-bond acceptors (Lipinski definition) is 5. The molecule has 110 valence electrons. The number of unbranched alkanes of at least 4 members (excludes halogenated alkanes) is 3. The molecule has 0 saturated carbocycles. The zero-order valence-corrected chi connectivity index (χ0v) is 11.8. The summed E-state index contributed by atoms with van der Waals surface area (Å²) >= 11 is 0. The number of hydrogen-bond donors (Lipinski definition) is 1. The molecule has 1 N–H and O–H groups in total. The third kappa shape index (κ3) is 10.1. The second-order valence-corrected chi connectivity index (χ2v) is 4.46. The highest BCUT2D eigenvalue weighted by atomic mass is 16.7. The van der Waals surface area contributed by atoms with Crippen molar-refractivity contribution in [2.45, 2.75) is 59.0 Å². The fourth-order valence-corrected chi connectivity index (χ4v) is 1.26. The lowest BCUT2D eigenvalue weighted by atomic mass is 10.2. The van der Waals surface area contributed by atoms with Gasteiger partial charge in [0, 0.05) is 0 Å². The summed E-state index contributed by atoms with van der Waals surface area (Å²) in [5.74, 6) is -1.80. The Labute approximate surface area is 113 Å². The van der Waals surface area contributed by atoms with Crippen molar-refractivity contribution in [3.8, 4) is 0 Å². The lowest BCUT2D eigenvalue weighted by Crippen LogP contribution is -2.26. The van der Waals surface area contributed by atoms with Crippen LogP contribution in [0.15, 0.2) is 5.16 Å². The number of carboxylic acids is 1. The largest absolute Gasteiger partial charge is 0.478 e. The molecular formula is C13H23NO5. The van der Waals surface area contributed by atoms with Crippen molar-refractivity contribution in [3.63, 3.8) is 0 Å². The van der Waals surface area contributed by atoms with Crippen molar-refractivity contribution in [1.82, 2.24) is 0 Å². The number of nitrogens with zero attached hydrogens (tertiary/aromatic N) is 1. The quantitative estimate of drug-likeness (QED) is 0.286. The molecule has 0 aromatic carbocycles. The molecule has 0 rings (SSSR count). The molecule has 0 fully saturated rings. The highest BCUT2D eigenvalue weighted by Crippen LogP contribution is 2.04. The summed E-state index contributed by atoms with van der Waals surface area (Å²) in [6, 6.07) is 0. The van der Waals surface area contributed by atoms with Gasteiger partial charge in [0.2, 0.25) is 6.10 Å². The number of carboxylic acid groups (broad SMARTS) is 1. The molecule has 0 aromatic rings. The smallest absolute Gasteiger partial charge is 0.348 e. The fraction of sp³-hybridized carbons (Fsp3) is 0.769. The van der Waals surface area contributed by atoms with Gasteiger partial charge in [0.15, 0.2) is 0 Å². The van der Waals surface area contributed by atoms with E-state index >= 15 is 0 Å². The number of oxime groups is 1. The summed E-state index contributed by atoms with van der Waals surface area (Å²) in [6.45, 7) is 5.76. The van der Waals surface area contributed by atoms with Crippen LogP contribution < -0.4 is 0 Å². The summed E-state index contributed by atoms with van der Waals surface area (Å²) in [5.41, 5.74) is 0.583. The van der Waals surface area contributed by atoms with Crippen LogP contribution in [0.2, 0.25) is 0 Å². The van der Waals surface area contributed by atoms with Crippen LogP contribution in [0.3, 0.4) is 0 Å². The first-order valence-electron chi connectivity index (χ1n) is 6.52. The van der Waals surface area contributed by atoms with Gasteiger partial charge >= 0.3 is 11.9 Å². The predicted octanol–water partition coefficient (Wildman–Crippen LogP) is 2.37. The summed E-state index contributed by atoms with van der Waals surface area (Å²) < 4.78 is 4.95. The predicted molar refractivity (Wildman–Crippen MR) is 71.0 cm³/mol. The molecule has 6 heteroatoms. The van der Waals surface area contributed by atoms with Crippen LogP contribution in [-0.4, -0.2) is 35.5 Å². The number of aliphatic carboxylic acids is 1. The molecule has 0 saturated heterocycles. The first-order valence-corrected chi connectivity index (χ1v) is 6.52. The van der Waals surface area contributed by atoms with Gasteiger partial charge in [-0.05, 0) is 20.3 Å². The maximum Gasteiger partial charge on any atom is 0.348 e. The maximum absolute atomic E-state index is 11.4. The molecule has 0 heterocycles. The van der Waals surface area contributed by atoms with E-state index in [0.29, 0.717) is 12.3 Å². The van der Waals surface area contributed by atoms with Crippen molar-refractivity contribution in [1.29, 1.82) is 0 Å². The number of rotatable bonds is 10. The van der Waals surface area contributed by atoms with E-state index in [-0.39, 0.29) is 6.42 Å². The Hall–Kier alpha value is -1.59. The Bertz CT molecular complexity index is 310. The molecule has 0 aliphatic carbocycles. The molecule has 19 heavy (non-hydrogen) atoms. The minimum Gasteiger partial charge on any atom is -0.478 e. The van der Waals surface area contributed by atoms with E-state index in [1.54, 1.807) is 13.8 Å². The van der Waals surface area contributed by atoms with Gasteiger partial charge in [-0.1, -0.05) is 31.3 Å². The molecule has 0 aromatic heterocycles. The molecule has 0 amide bonds. The molecule has 0 spiro atoms. The summed E-state index contributed by atoms with van der Waals surface area (Å²) in [5, 5.41) is 12.4. The molecule has 6 nitrogen and oxygen atoms in total. The Morgan fingerprint density at radius 2 is 1.89 bits per heavy atom. The lowest BCUT2D eigenvalue weighted by molar-refractivity contribution is -0.159. The van der Waals surface area contributed by atoms with E-state index < -0.39 is 18.0 Å². The van der Waals surface area contributed by atoms with Gasteiger partial charge < -0.3 is 14.7 Å². The second-order valence-electron chi connectivity index (χ2n) is 4.46. The Kier molecular flexibility index (Phi) is 9.48. The van der Waals surface area contributed by atoms with E-state index in [1.165, 1.54) is 0 Å². The minimum absolute atomic E-state index is 0.321. The highest BCUT2D eigenvalue weighted by Gasteiger charge is 2.24. The first-order chi connectivity index (χ1) is 8.97. The van der Waals surface area contributed by atoms with E-state index in [0.717, 1.165) is 25.7 Å². The van der Waals surface area contributed by atoms with Crippen molar-refractivity contribution >= 4 is 17.7 Å². The fourth-order valence-electron chi connectivity index (χ4n) is 1.26. The van der Waals surface area contributed by atoms with Crippen molar-refractivity contribution in [3.05, 3.63) is 0 Å². The average Bonchev–Trinajstić information content (AvgIpc) is 2.33. The van der Waals surface area contributed by atoms with Crippen LogP contribution in [0.4, 0.5) is 0 Å². The normalized spacial score (nSPS) is 11.5. The van der Waals surface area contributed by atoms with Crippen LogP contribution in [0.1, 0.15) is 52.9 Å². The topological polar surface area (TPSA) is 85.2 Å². The van der Waals surface area contributed by atoms with Crippen molar-refractivity contribution in [2.75, 3.05) is 6.61 Å². The summed E-state index contributed by atoms with van der Waals surface area (Å²) in [4.78, 5) is 27.0. The molecule has 1 unspecified atom stereocenters. The zero-order chi connectivity index (χ0) is 14.7. The SMILES string of the molecule is CCCCCCOC(=O)CC(ON=C(C)C)C(=O)O. The summed E-state index contributed by atoms with van der Waals surface area (Å²) in [6.07, 6.45) is 2.38. The Balaban J connectivity index is 3.97. The van der Waals surface area contributed by atoms with Crippen molar-refractivity contribution < 1.29 is 24.3 Å². The van der Waals surface area contributed by atoms with E-state index in [1.807, 2.05) is 0 Å². The van der Waals surface area contributed by atoms with Crippen LogP contribution in [-0.2, 0) is 19.2 Å². The van der Waals surface area contributed by atoms with Gasteiger partial charge in [0.1, 0.15) is 0 Å². The maximum atomic E-state index is 11.4.